The van der Waals surface area contributed by atoms with Gasteiger partial charge in [0.2, 0.25) is 0 Å². The van der Waals surface area contributed by atoms with E-state index in [-0.39, 0.29) is 23.1 Å². The van der Waals surface area contributed by atoms with Crippen LogP contribution in [-0.2, 0) is 28.1 Å². The van der Waals surface area contributed by atoms with Crippen molar-refractivity contribution >= 4 is 46.2 Å². The lowest BCUT2D eigenvalue weighted by atomic mass is 9.42. The fourth-order valence-electron chi connectivity index (χ4n) is 13.8. The maximum atomic E-state index is 2.73. The Kier molecular flexibility index (Phi) is 8.64. The van der Waals surface area contributed by atoms with Gasteiger partial charge in [0.25, 0.3) is 0 Å². The molecule has 0 N–H and O–H groups in total. The lowest BCUT2D eigenvalue weighted by Crippen LogP contribution is -2.63. The molecule has 0 bridgehead atoms. The van der Waals surface area contributed by atoms with Crippen LogP contribution in [0.5, 0.6) is 0 Å². The maximum Gasteiger partial charge on any atom is 0.333 e. The number of hydrogen-bond acceptors (Lipinski definition) is 2. The summed E-state index contributed by atoms with van der Waals surface area (Å²) in [5.74, 6) is 0. The number of rotatable bonds is 6. The third-order valence-electron chi connectivity index (χ3n) is 17.1. The molecule has 0 unspecified atom stereocenters. The van der Waals surface area contributed by atoms with E-state index in [4.69, 9.17) is 0 Å². The van der Waals surface area contributed by atoms with Gasteiger partial charge in [-0.3, -0.25) is 0 Å². The van der Waals surface area contributed by atoms with Gasteiger partial charge >= 0.3 is 6.85 Å². The van der Waals surface area contributed by atoms with Crippen LogP contribution in [0.3, 0.4) is 0 Å². The van der Waals surface area contributed by atoms with Gasteiger partial charge in [-0.05, 0) is 151 Å². The van der Waals surface area contributed by atoms with Gasteiger partial charge in [-0.15, -0.1) is 0 Å². The Hall–Kier alpha value is -6.58. The topological polar surface area (TPSA) is 6.48 Å². The number of para-hydroxylation sites is 3. The standard InChI is InChI=1S/C64H59BN2/c1-8-9-22-41-37-47-57-55(34-33-45-46-39-51-52(40-50(46)63(6,7)58(45)57)62(4,5)36-35-61(51,2)3)67(44-27-17-12-18-28-44)65-53-31-21-30-49-60(53)66(56(38-41)59(47)65)54-32-20-19-29-48(54)64(49,42-23-13-10-14-24-42)43-25-15-11-16-26-43/h10-21,23-34,37-40H,8-9,22,35-36H2,1-7H3. The third kappa shape index (κ3) is 5.40. The first kappa shape index (κ1) is 40.7. The lowest BCUT2D eigenvalue weighted by Gasteiger charge is -2.52. The molecule has 67 heavy (non-hydrogen) atoms. The fraction of sp³-hybridized carbons (Fsp3) is 0.250. The van der Waals surface area contributed by atoms with E-state index in [0.717, 1.165) is 19.3 Å². The highest BCUT2D eigenvalue weighted by Crippen LogP contribution is 2.62. The van der Waals surface area contributed by atoms with Crippen LogP contribution in [-0.4, -0.2) is 6.85 Å². The zero-order valence-corrected chi connectivity index (χ0v) is 40.2. The van der Waals surface area contributed by atoms with Crippen molar-refractivity contribution < 1.29 is 0 Å². The minimum atomic E-state index is -0.551. The molecule has 2 nitrogen and oxygen atoms in total. The van der Waals surface area contributed by atoms with Gasteiger partial charge in [0.1, 0.15) is 0 Å². The molecular formula is C64H59BN2. The van der Waals surface area contributed by atoms with E-state index < -0.39 is 5.41 Å². The zero-order valence-electron chi connectivity index (χ0n) is 40.2. The van der Waals surface area contributed by atoms with Crippen LogP contribution < -0.4 is 20.6 Å². The number of fused-ring (bicyclic) bond motifs is 11. The molecule has 8 aromatic rings. The number of aryl methyl sites for hydroxylation is 1. The minimum Gasteiger partial charge on any atom is -0.376 e. The predicted molar refractivity (Wildman–Crippen MR) is 283 cm³/mol. The van der Waals surface area contributed by atoms with Crippen LogP contribution in [0.25, 0.3) is 22.3 Å². The van der Waals surface area contributed by atoms with E-state index in [2.05, 4.69) is 228 Å². The Bertz CT molecular complexity index is 3290. The highest BCUT2D eigenvalue weighted by atomic mass is 15.2. The first-order chi connectivity index (χ1) is 32.5. The second kappa shape index (κ2) is 14.2. The number of benzene rings is 8. The first-order valence-corrected chi connectivity index (χ1v) is 25.0. The number of anilines is 5. The molecule has 0 radical (unpaired) electrons. The molecule has 0 amide bonds. The SMILES string of the molecule is CCCCc1cc2c3c(c1)N1c4ccccc4C(c4ccccc4)(c4ccccc4)c4cccc(c41)B3N(c1ccccc1)c1ccc3c(c1-2)C(C)(C)c1cc2c(cc1-3)C(C)(C)CCC2(C)C. The molecule has 3 heterocycles. The Balaban J connectivity index is 1.16. The first-order valence-electron chi connectivity index (χ1n) is 25.0. The summed E-state index contributed by atoms with van der Waals surface area (Å²) >= 11 is 0. The molecule has 2 aliphatic carbocycles. The molecule has 0 spiro atoms. The molecule has 0 saturated heterocycles. The second-order valence-electron chi connectivity index (χ2n) is 22.1. The van der Waals surface area contributed by atoms with Crippen molar-refractivity contribution in [3.8, 4) is 22.3 Å². The van der Waals surface area contributed by atoms with Crippen molar-refractivity contribution in [2.24, 2.45) is 0 Å². The molecular weight excluding hydrogens is 808 g/mol. The molecule has 0 atom stereocenters. The summed E-state index contributed by atoms with van der Waals surface area (Å²) in [6.45, 7) is 17.2. The predicted octanol–water partition coefficient (Wildman–Crippen LogP) is 15.1. The van der Waals surface area contributed by atoms with E-state index in [0.29, 0.717) is 0 Å². The highest BCUT2D eigenvalue weighted by Gasteiger charge is 2.54. The molecule has 8 aromatic carbocycles. The lowest BCUT2D eigenvalue weighted by molar-refractivity contribution is 0.331. The zero-order chi connectivity index (χ0) is 45.6. The van der Waals surface area contributed by atoms with Crippen LogP contribution >= 0.6 is 0 Å². The van der Waals surface area contributed by atoms with E-state index in [1.807, 2.05) is 0 Å². The van der Waals surface area contributed by atoms with Crippen LogP contribution in [0, 0.1) is 0 Å². The van der Waals surface area contributed by atoms with Crippen molar-refractivity contribution in [1.29, 1.82) is 0 Å². The van der Waals surface area contributed by atoms with Gasteiger partial charge in [0.15, 0.2) is 0 Å². The number of hydrogen-bond donors (Lipinski definition) is 0. The molecule has 3 aliphatic heterocycles. The van der Waals surface area contributed by atoms with Gasteiger partial charge in [-0.2, -0.15) is 0 Å². The van der Waals surface area contributed by atoms with Crippen LogP contribution in [0.15, 0.2) is 170 Å². The number of unbranched alkanes of at least 4 members (excludes halogenated alkanes) is 1. The average Bonchev–Trinajstić information content (AvgIpc) is 3.58. The maximum absolute atomic E-state index is 2.73. The summed E-state index contributed by atoms with van der Waals surface area (Å²) in [5, 5.41) is 0. The van der Waals surface area contributed by atoms with Gasteiger partial charge in [0.05, 0.1) is 11.1 Å². The smallest absolute Gasteiger partial charge is 0.333 e. The van der Waals surface area contributed by atoms with Crippen molar-refractivity contribution in [3.63, 3.8) is 0 Å². The van der Waals surface area contributed by atoms with Crippen LogP contribution in [0.4, 0.5) is 28.4 Å². The van der Waals surface area contributed by atoms with Crippen molar-refractivity contribution in [3.05, 3.63) is 220 Å². The average molecular weight is 867 g/mol. The quantitative estimate of drug-likeness (QED) is 0.154. The van der Waals surface area contributed by atoms with Crippen molar-refractivity contribution in [2.75, 3.05) is 9.71 Å². The highest BCUT2D eigenvalue weighted by molar-refractivity contribution is 6.93. The van der Waals surface area contributed by atoms with E-state index in [9.17, 15) is 0 Å². The fourth-order valence-corrected chi connectivity index (χ4v) is 13.8. The Morgan fingerprint density at radius 3 is 1.82 bits per heavy atom. The Morgan fingerprint density at radius 2 is 1.13 bits per heavy atom. The Morgan fingerprint density at radius 1 is 0.507 bits per heavy atom. The largest absolute Gasteiger partial charge is 0.376 e. The van der Waals surface area contributed by atoms with Gasteiger partial charge < -0.3 is 9.71 Å². The normalized spacial score (nSPS) is 17.6. The summed E-state index contributed by atoms with van der Waals surface area (Å²) < 4.78 is 0. The van der Waals surface area contributed by atoms with Gasteiger partial charge in [-0.1, -0.05) is 188 Å². The Labute approximate surface area is 398 Å². The molecule has 3 heteroatoms. The van der Waals surface area contributed by atoms with E-state index in [1.54, 1.807) is 5.56 Å². The van der Waals surface area contributed by atoms with Crippen LogP contribution in [0.2, 0.25) is 0 Å². The summed E-state index contributed by atoms with van der Waals surface area (Å²) in [5.41, 5.74) is 26.9. The summed E-state index contributed by atoms with van der Waals surface area (Å²) in [6.07, 6.45) is 5.75. The molecule has 13 rings (SSSR count). The van der Waals surface area contributed by atoms with E-state index in [1.165, 1.54) is 119 Å². The summed E-state index contributed by atoms with van der Waals surface area (Å²) in [7, 11) is 0. The molecule has 5 aliphatic rings. The van der Waals surface area contributed by atoms with Crippen molar-refractivity contribution in [2.45, 2.75) is 102 Å². The molecule has 328 valence electrons. The molecule has 0 saturated carbocycles. The van der Waals surface area contributed by atoms with Gasteiger partial charge in [0, 0.05) is 33.7 Å². The van der Waals surface area contributed by atoms with Crippen molar-refractivity contribution in [1.82, 2.24) is 0 Å². The second-order valence-corrected chi connectivity index (χ2v) is 22.1. The van der Waals surface area contributed by atoms with Crippen LogP contribution in [0.1, 0.15) is 124 Å². The minimum absolute atomic E-state index is 0.0697. The third-order valence-corrected chi connectivity index (χ3v) is 17.1. The molecule has 0 fully saturated rings. The number of nitrogens with zero attached hydrogens (tertiary/aromatic N) is 2. The molecule has 0 aromatic heterocycles. The monoisotopic (exact) mass is 866 g/mol. The summed E-state index contributed by atoms with van der Waals surface area (Å²) in [6, 6.07) is 65.9. The van der Waals surface area contributed by atoms with E-state index >= 15 is 0 Å². The van der Waals surface area contributed by atoms with Gasteiger partial charge in [-0.25, -0.2) is 0 Å². The summed E-state index contributed by atoms with van der Waals surface area (Å²) in [4.78, 5) is 5.42.